The number of fused-ring (bicyclic) bond motifs is 4. The fraction of sp³-hybridized carbons (Fsp3) is 0.255. The Bertz CT molecular complexity index is 3100. The van der Waals surface area contributed by atoms with Crippen LogP contribution in [0.1, 0.15) is 79.7 Å². The molecule has 0 atom stereocenters. The number of para-hydroxylation sites is 2. The molecule has 9 aromatic rings. The second-order valence-electron chi connectivity index (χ2n) is 18.6. The van der Waals surface area contributed by atoms with Crippen molar-refractivity contribution in [1.29, 1.82) is 0 Å². The molecule has 0 N–H and O–H groups in total. The minimum atomic E-state index is -1.70. The van der Waals surface area contributed by atoms with Gasteiger partial charge in [-0.05, 0) is 82.0 Å². The predicted molar refractivity (Wildman–Crippen MR) is 259 cm³/mol. The van der Waals surface area contributed by atoms with Crippen LogP contribution in [0.3, 0.4) is 0 Å². The van der Waals surface area contributed by atoms with E-state index in [2.05, 4.69) is 81.2 Å². The molecule has 5 aromatic carbocycles. The Morgan fingerprint density at radius 1 is 0.762 bits per heavy atom. The Hall–Kier alpha value is -5.53. The molecule has 4 heterocycles. The standard InChI is InChI=1S/C36H29FN3O.C19H26NSi.Ir/c1-21(2)28-19-24(37)20-29(22(3)4)33(28)40-32-16-9-8-15-31(32)38-35(40)27-14-10-13-25-26-17-18-30(23-11-6-5-7-12-23)39-36(26)41-34(25)27;1-19(2,3)13-16-12-17(15-10-8-7-9-11-15)20-14-18(16)21(4,5)6;/h5-13,15-22H,1-4H3;7-10,12,14H,13H2,1-6H3;/q2*-1;/i;13D2;. The van der Waals surface area contributed by atoms with Crippen LogP contribution in [0, 0.1) is 23.4 Å². The van der Waals surface area contributed by atoms with Crippen LogP contribution >= 0.6 is 0 Å². The van der Waals surface area contributed by atoms with Crippen molar-refractivity contribution < 1.29 is 31.7 Å². The number of hydrogen-bond donors (Lipinski definition) is 0. The largest absolute Gasteiger partial charge is 0.486 e. The van der Waals surface area contributed by atoms with Gasteiger partial charge in [-0.3, -0.25) is 4.98 Å². The van der Waals surface area contributed by atoms with Gasteiger partial charge in [0.25, 0.3) is 0 Å². The van der Waals surface area contributed by atoms with Gasteiger partial charge < -0.3 is 14.0 Å². The molecule has 0 saturated carbocycles. The van der Waals surface area contributed by atoms with E-state index in [1.165, 1.54) is 0 Å². The van der Waals surface area contributed by atoms with Crippen molar-refractivity contribution in [3.8, 4) is 39.6 Å². The molecular weight excluding hydrogens is 972 g/mol. The van der Waals surface area contributed by atoms with E-state index in [0.29, 0.717) is 17.1 Å². The molecule has 5 nitrogen and oxygen atoms in total. The number of benzene rings is 5. The Morgan fingerprint density at radius 2 is 1.44 bits per heavy atom. The Balaban J connectivity index is 0.000000225. The fourth-order valence-corrected chi connectivity index (χ4v) is 9.41. The zero-order valence-corrected chi connectivity index (χ0v) is 41.1. The van der Waals surface area contributed by atoms with Crippen LogP contribution in [0.2, 0.25) is 19.6 Å². The Labute approximate surface area is 389 Å². The van der Waals surface area contributed by atoms with Crippen molar-refractivity contribution in [2.75, 3.05) is 0 Å². The summed E-state index contributed by atoms with van der Waals surface area (Å²) in [7, 11) is -1.70. The molecule has 1 radical (unpaired) electrons. The smallest absolute Gasteiger partial charge is 0.216 e. The normalized spacial score (nSPS) is 12.7. The van der Waals surface area contributed by atoms with Crippen LogP contribution in [0.25, 0.3) is 72.7 Å². The molecule has 8 heteroatoms. The first-order chi connectivity index (χ1) is 30.3. The summed E-state index contributed by atoms with van der Waals surface area (Å²) in [6, 6.07) is 45.8. The van der Waals surface area contributed by atoms with Crippen LogP contribution in [0.15, 0.2) is 132 Å². The van der Waals surface area contributed by atoms with Gasteiger partial charge in [0.15, 0.2) is 0 Å². The van der Waals surface area contributed by atoms with Gasteiger partial charge in [-0.15, -0.1) is 54.1 Å². The summed E-state index contributed by atoms with van der Waals surface area (Å²) >= 11 is 0. The van der Waals surface area contributed by atoms with E-state index < -0.39 is 19.9 Å². The molecule has 0 amide bonds. The number of aromatic nitrogens is 4. The van der Waals surface area contributed by atoms with Crippen LogP contribution in [-0.4, -0.2) is 27.6 Å². The van der Waals surface area contributed by atoms with E-state index in [1.54, 1.807) is 12.1 Å². The number of rotatable bonds is 8. The SMILES string of the molecule is CC(C)c1cc(F)cc(C(C)C)c1-n1c(-c2[c-]ccc3c2oc2nc(-c4ccccc4)ccc23)nc2ccccc21.[2H]C([2H])(c1cc(-c2[c-]cccc2)ncc1[Si](C)(C)C)C(C)(C)C.[Ir]. The molecule has 4 aromatic heterocycles. The fourth-order valence-electron chi connectivity index (χ4n) is 8.02. The van der Waals surface area contributed by atoms with Crippen molar-refractivity contribution in [3.05, 3.63) is 162 Å². The second-order valence-corrected chi connectivity index (χ2v) is 23.7. The summed E-state index contributed by atoms with van der Waals surface area (Å²) in [5, 5.41) is 2.98. The molecule has 0 fully saturated rings. The van der Waals surface area contributed by atoms with Gasteiger partial charge in [-0.2, -0.15) is 0 Å². The van der Waals surface area contributed by atoms with Crippen molar-refractivity contribution in [1.82, 2.24) is 19.5 Å². The van der Waals surface area contributed by atoms with Gasteiger partial charge in [0.05, 0.1) is 36.2 Å². The molecular formula is C55H55FIrN4OSi-2. The van der Waals surface area contributed by atoms with Gasteiger partial charge in [0.1, 0.15) is 5.82 Å². The number of pyridine rings is 2. The van der Waals surface area contributed by atoms with Gasteiger partial charge in [0, 0.05) is 45.7 Å². The summed E-state index contributed by atoms with van der Waals surface area (Å²) in [5.74, 6) is 0.672. The van der Waals surface area contributed by atoms with Crippen LogP contribution < -0.4 is 5.19 Å². The van der Waals surface area contributed by atoms with Gasteiger partial charge in [0.2, 0.25) is 5.71 Å². The minimum absolute atomic E-state index is 0. The molecule has 0 unspecified atom stereocenters. The van der Waals surface area contributed by atoms with Crippen LogP contribution in [0.5, 0.6) is 0 Å². The van der Waals surface area contributed by atoms with Crippen LogP contribution in [-0.2, 0) is 26.5 Å². The predicted octanol–water partition coefficient (Wildman–Crippen LogP) is 14.5. The van der Waals surface area contributed by atoms with Crippen molar-refractivity contribution in [2.24, 2.45) is 5.41 Å². The average Bonchev–Trinajstić information content (AvgIpc) is 3.84. The molecule has 9 rings (SSSR count). The quantitative estimate of drug-likeness (QED) is 0.112. The van der Waals surface area contributed by atoms with Crippen molar-refractivity contribution in [3.63, 3.8) is 0 Å². The first-order valence-electron chi connectivity index (χ1n) is 22.4. The molecule has 0 bridgehead atoms. The van der Waals surface area contributed by atoms with E-state index in [1.807, 2.05) is 124 Å². The summed E-state index contributed by atoms with van der Waals surface area (Å²) in [5.41, 5.74) is 10.5. The van der Waals surface area contributed by atoms with E-state index in [4.69, 9.17) is 17.1 Å². The average molecular weight is 1030 g/mol. The first kappa shape index (κ1) is 42.8. The molecule has 0 spiro atoms. The zero-order valence-electron chi connectivity index (χ0n) is 39.7. The molecule has 0 aliphatic heterocycles. The number of hydrogen-bond acceptors (Lipinski definition) is 4. The third kappa shape index (κ3) is 9.55. The van der Waals surface area contributed by atoms with E-state index in [9.17, 15) is 4.39 Å². The maximum atomic E-state index is 14.9. The van der Waals surface area contributed by atoms with Crippen molar-refractivity contribution >= 4 is 46.4 Å². The van der Waals surface area contributed by atoms with Crippen molar-refractivity contribution in [2.45, 2.75) is 86.3 Å². The first-order valence-corrected chi connectivity index (χ1v) is 24.9. The van der Waals surface area contributed by atoms with Gasteiger partial charge in [-0.1, -0.05) is 133 Å². The Morgan fingerprint density at radius 3 is 2.10 bits per heavy atom. The second kappa shape index (κ2) is 18.3. The van der Waals surface area contributed by atoms with E-state index in [-0.39, 0.29) is 37.8 Å². The number of imidazole rings is 1. The Kier molecular flexibility index (Phi) is 12.4. The molecule has 63 heavy (non-hydrogen) atoms. The van der Waals surface area contributed by atoms with Gasteiger partial charge in [-0.25, -0.2) is 9.37 Å². The third-order valence-electron chi connectivity index (χ3n) is 11.0. The summed E-state index contributed by atoms with van der Waals surface area (Å²) in [4.78, 5) is 14.6. The van der Waals surface area contributed by atoms with E-state index in [0.717, 1.165) is 77.4 Å². The maximum Gasteiger partial charge on any atom is 0.216 e. The monoisotopic (exact) mass is 1030 g/mol. The molecule has 0 saturated heterocycles. The number of halogens is 1. The number of furan rings is 1. The molecule has 323 valence electrons. The zero-order chi connectivity index (χ0) is 45.7. The van der Waals surface area contributed by atoms with Gasteiger partial charge >= 0.3 is 0 Å². The summed E-state index contributed by atoms with van der Waals surface area (Å²) < 4.78 is 41.1. The number of nitrogens with zero attached hydrogens (tertiary/aromatic N) is 4. The topological polar surface area (TPSA) is 56.7 Å². The summed E-state index contributed by atoms with van der Waals surface area (Å²) in [6.07, 6.45) is 0.469. The minimum Gasteiger partial charge on any atom is -0.486 e. The molecule has 0 aliphatic rings. The molecule has 0 aliphatic carbocycles. The summed E-state index contributed by atoms with van der Waals surface area (Å²) in [6.45, 7) is 21.0. The van der Waals surface area contributed by atoms with Crippen LogP contribution in [0.4, 0.5) is 4.39 Å². The third-order valence-corrected chi connectivity index (χ3v) is 13.0. The maximum absolute atomic E-state index is 14.9. The van der Waals surface area contributed by atoms with E-state index >= 15 is 0 Å².